The van der Waals surface area contributed by atoms with Crippen LogP contribution in [0.15, 0.2) is 22.9 Å². The summed E-state index contributed by atoms with van der Waals surface area (Å²) in [6.07, 6.45) is 2.68. The van der Waals surface area contributed by atoms with E-state index in [1.807, 2.05) is 30.9 Å². The number of hydrogen-bond donors (Lipinski definition) is 1. The minimum Gasteiger partial charge on any atom is -0.338 e. The summed E-state index contributed by atoms with van der Waals surface area (Å²) in [5.41, 5.74) is 3.57. The van der Waals surface area contributed by atoms with Crippen molar-refractivity contribution in [3.63, 3.8) is 0 Å². The number of carbonyl (C=O) groups is 1. The number of likely N-dealkylation sites (tertiary alicyclic amines) is 1. The highest BCUT2D eigenvalue weighted by Crippen LogP contribution is 2.29. The van der Waals surface area contributed by atoms with E-state index in [-0.39, 0.29) is 5.91 Å². The Morgan fingerprint density at radius 2 is 2.30 bits per heavy atom. The minimum atomic E-state index is 0.00816. The number of carbonyl (C=O) groups excluding carboxylic acids is 1. The highest BCUT2D eigenvalue weighted by molar-refractivity contribution is 6.06. The third-order valence-corrected chi connectivity index (χ3v) is 4.41. The molecule has 0 spiro atoms. The smallest absolute Gasteiger partial charge is 0.258 e. The topological polar surface area (TPSA) is 87.9 Å². The van der Waals surface area contributed by atoms with Crippen LogP contribution >= 0.6 is 0 Å². The van der Waals surface area contributed by atoms with Crippen molar-refractivity contribution in [2.45, 2.75) is 26.2 Å². The molecule has 1 atom stereocenters. The van der Waals surface area contributed by atoms with Crippen LogP contribution in [0.4, 0.5) is 0 Å². The lowest BCUT2D eigenvalue weighted by Crippen LogP contribution is -2.28. The molecule has 0 aliphatic carbocycles. The highest BCUT2D eigenvalue weighted by Gasteiger charge is 2.30. The second-order valence-electron chi connectivity index (χ2n) is 6.01. The number of H-pyrrole nitrogens is 1. The van der Waals surface area contributed by atoms with Crippen LogP contribution in [-0.2, 0) is 0 Å². The van der Waals surface area contributed by atoms with Gasteiger partial charge in [0.1, 0.15) is 0 Å². The van der Waals surface area contributed by atoms with Crippen LogP contribution in [0.1, 0.15) is 39.8 Å². The quantitative estimate of drug-likeness (QED) is 0.784. The van der Waals surface area contributed by atoms with Crippen LogP contribution in [-0.4, -0.2) is 44.2 Å². The lowest BCUT2D eigenvalue weighted by molar-refractivity contribution is 0.0792. The van der Waals surface area contributed by atoms with Gasteiger partial charge in [0.15, 0.2) is 0 Å². The number of aryl methyl sites for hydroxylation is 2. The van der Waals surface area contributed by atoms with E-state index >= 15 is 0 Å². The first kappa shape index (κ1) is 13.9. The third-order valence-electron chi connectivity index (χ3n) is 4.41. The Morgan fingerprint density at radius 3 is 3.09 bits per heavy atom. The second kappa shape index (κ2) is 5.19. The van der Waals surface area contributed by atoms with Crippen LogP contribution in [0, 0.1) is 13.8 Å². The maximum Gasteiger partial charge on any atom is 0.258 e. The van der Waals surface area contributed by atoms with Crippen LogP contribution in [0.3, 0.4) is 0 Å². The average molecular weight is 311 g/mol. The molecule has 1 N–H and O–H groups in total. The van der Waals surface area contributed by atoms with Crippen molar-refractivity contribution < 1.29 is 9.32 Å². The monoisotopic (exact) mass is 311 g/mol. The van der Waals surface area contributed by atoms with E-state index < -0.39 is 0 Å². The van der Waals surface area contributed by atoms with Crippen LogP contribution in [0.25, 0.3) is 11.1 Å². The van der Waals surface area contributed by atoms with Gasteiger partial charge in [-0.25, -0.2) is 4.98 Å². The molecular formula is C16H17N5O2. The summed E-state index contributed by atoms with van der Waals surface area (Å²) in [6, 6.07) is 3.79. The molecule has 0 saturated carbocycles. The molecule has 0 aromatic carbocycles. The molecule has 3 aromatic rings. The summed E-state index contributed by atoms with van der Waals surface area (Å²) in [7, 11) is 0. The second-order valence-corrected chi connectivity index (χ2v) is 6.01. The Labute approximate surface area is 132 Å². The Morgan fingerprint density at radius 1 is 1.43 bits per heavy atom. The lowest BCUT2D eigenvalue weighted by atomic mass is 10.1. The Bertz CT molecular complexity index is 868. The summed E-state index contributed by atoms with van der Waals surface area (Å²) in [5.74, 6) is 0.317. The molecule has 7 nitrogen and oxygen atoms in total. The number of pyridine rings is 1. The van der Waals surface area contributed by atoms with Crippen molar-refractivity contribution in [2.24, 2.45) is 0 Å². The van der Waals surface area contributed by atoms with Gasteiger partial charge in [0.25, 0.3) is 11.6 Å². The molecule has 1 aliphatic rings. The molecule has 23 heavy (non-hydrogen) atoms. The molecule has 118 valence electrons. The minimum absolute atomic E-state index is 0.00816. The molecule has 3 aromatic heterocycles. The van der Waals surface area contributed by atoms with Gasteiger partial charge in [0, 0.05) is 36.6 Å². The summed E-state index contributed by atoms with van der Waals surface area (Å²) >= 11 is 0. The van der Waals surface area contributed by atoms with Gasteiger partial charge < -0.3 is 9.42 Å². The number of nitrogens with zero attached hydrogens (tertiary/aromatic N) is 4. The summed E-state index contributed by atoms with van der Waals surface area (Å²) in [6.45, 7) is 5.10. The van der Waals surface area contributed by atoms with E-state index in [1.165, 1.54) is 0 Å². The zero-order valence-electron chi connectivity index (χ0n) is 13.0. The van der Waals surface area contributed by atoms with E-state index in [1.54, 1.807) is 6.20 Å². The number of aromatic amines is 1. The summed E-state index contributed by atoms with van der Waals surface area (Å²) < 4.78 is 5.22. The van der Waals surface area contributed by atoms with Crippen molar-refractivity contribution in [3.05, 3.63) is 41.0 Å². The molecule has 1 fully saturated rings. The molecule has 4 rings (SSSR count). The van der Waals surface area contributed by atoms with E-state index in [0.717, 1.165) is 24.4 Å². The summed E-state index contributed by atoms with van der Waals surface area (Å²) in [4.78, 5) is 19.2. The number of fused-ring (bicyclic) bond motifs is 1. The maximum absolute atomic E-state index is 13.0. The third kappa shape index (κ3) is 2.28. The molecule has 0 unspecified atom stereocenters. The largest absolute Gasteiger partial charge is 0.338 e. The first-order valence-corrected chi connectivity index (χ1v) is 7.65. The van der Waals surface area contributed by atoms with Crippen LogP contribution in [0.5, 0.6) is 0 Å². The van der Waals surface area contributed by atoms with Crippen molar-refractivity contribution in [1.82, 2.24) is 25.2 Å². The molecule has 0 radical (unpaired) electrons. The Kier molecular flexibility index (Phi) is 3.14. The number of rotatable bonds is 2. The number of amides is 1. The number of hydrogen-bond acceptors (Lipinski definition) is 5. The molecule has 4 heterocycles. The van der Waals surface area contributed by atoms with Gasteiger partial charge in [-0.3, -0.25) is 9.89 Å². The lowest BCUT2D eigenvalue weighted by Gasteiger charge is -2.17. The zero-order chi connectivity index (χ0) is 16.0. The number of nitrogens with one attached hydrogen (secondary N) is 1. The first-order valence-electron chi connectivity index (χ1n) is 7.65. The van der Waals surface area contributed by atoms with Crippen molar-refractivity contribution >= 4 is 17.0 Å². The molecule has 7 heteroatoms. The maximum atomic E-state index is 13.0. The SMILES string of the molecule is Cc1cc(C(=O)N2CC[C@@H](c3ccn[nH]3)C2)c2c(C)noc2n1. The van der Waals surface area contributed by atoms with Crippen molar-refractivity contribution in [3.8, 4) is 0 Å². The van der Waals surface area contributed by atoms with E-state index in [2.05, 4.69) is 20.3 Å². The first-order chi connectivity index (χ1) is 11.1. The fraction of sp³-hybridized carbons (Fsp3) is 0.375. The normalized spacial score (nSPS) is 18.0. The molecule has 1 saturated heterocycles. The van der Waals surface area contributed by atoms with Crippen LogP contribution < -0.4 is 0 Å². The van der Waals surface area contributed by atoms with Gasteiger partial charge in [-0.05, 0) is 32.4 Å². The van der Waals surface area contributed by atoms with Gasteiger partial charge in [0.05, 0.1) is 16.6 Å². The van der Waals surface area contributed by atoms with Gasteiger partial charge in [-0.15, -0.1) is 0 Å². The summed E-state index contributed by atoms with van der Waals surface area (Å²) in [5, 5.41) is 11.6. The Balaban J connectivity index is 1.66. The van der Waals surface area contributed by atoms with Crippen molar-refractivity contribution in [2.75, 3.05) is 13.1 Å². The predicted molar refractivity (Wildman–Crippen MR) is 83.1 cm³/mol. The fourth-order valence-electron chi connectivity index (χ4n) is 3.25. The van der Waals surface area contributed by atoms with Gasteiger partial charge in [-0.2, -0.15) is 5.10 Å². The number of aromatic nitrogens is 4. The zero-order valence-corrected chi connectivity index (χ0v) is 13.0. The predicted octanol–water partition coefficient (Wildman–Crippen LogP) is 2.19. The molecule has 1 amide bonds. The molecular weight excluding hydrogens is 294 g/mol. The molecule has 1 aliphatic heterocycles. The highest BCUT2D eigenvalue weighted by atomic mass is 16.5. The van der Waals surface area contributed by atoms with Gasteiger partial charge >= 0.3 is 0 Å². The van der Waals surface area contributed by atoms with Gasteiger partial charge in [-0.1, -0.05) is 5.16 Å². The molecule has 0 bridgehead atoms. The standard InChI is InChI=1S/C16H17N5O2/c1-9-7-12(14-10(2)20-23-15(14)18-9)16(22)21-6-4-11(8-21)13-3-5-17-19-13/h3,5,7,11H,4,6,8H2,1-2H3,(H,17,19)/t11-/m1/s1. The van der Waals surface area contributed by atoms with E-state index in [0.29, 0.717) is 34.8 Å². The van der Waals surface area contributed by atoms with E-state index in [4.69, 9.17) is 4.52 Å². The van der Waals surface area contributed by atoms with Crippen molar-refractivity contribution in [1.29, 1.82) is 0 Å². The fourth-order valence-corrected chi connectivity index (χ4v) is 3.25. The Hall–Kier alpha value is -2.70. The van der Waals surface area contributed by atoms with Crippen LogP contribution in [0.2, 0.25) is 0 Å². The van der Waals surface area contributed by atoms with Gasteiger partial charge in [0.2, 0.25) is 0 Å². The van der Waals surface area contributed by atoms with E-state index in [9.17, 15) is 4.79 Å². The average Bonchev–Trinajstić information content (AvgIpc) is 3.26.